The second-order valence-electron chi connectivity index (χ2n) is 8.66. The maximum absolute atomic E-state index is 12.8. The van der Waals surface area contributed by atoms with E-state index in [4.69, 9.17) is 14.2 Å². The number of carbonyl (C=O) groups excluding carboxylic acids is 1. The number of hydrogen-bond acceptors (Lipinski definition) is 6. The lowest BCUT2D eigenvalue weighted by Gasteiger charge is -2.28. The van der Waals surface area contributed by atoms with E-state index in [1.807, 2.05) is 24.3 Å². The van der Waals surface area contributed by atoms with Crippen molar-refractivity contribution in [2.24, 2.45) is 0 Å². The molecule has 1 amide bonds. The van der Waals surface area contributed by atoms with Crippen LogP contribution in [0.15, 0.2) is 42.5 Å². The van der Waals surface area contributed by atoms with Crippen LogP contribution in [0.1, 0.15) is 33.3 Å². The molecule has 0 saturated heterocycles. The Bertz CT molecular complexity index is 1060. The molecular formula is C24H34N2O6S. The minimum Gasteiger partial charge on any atom is -0.493 e. The van der Waals surface area contributed by atoms with E-state index in [1.54, 1.807) is 12.1 Å². The molecule has 0 aliphatic carbocycles. The van der Waals surface area contributed by atoms with Crippen LogP contribution in [0.25, 0.3) is 0 Å². The maximum atomic E-state index is 12.8. The molecule has 0 radical (unpaired) electrons. The van der Waals surface area contributed by atoms with Crippen LogP contribution in [0.5, 0.6) is 17.2 Å². The largest absolute Gasteiger partial charge is 0.493 e. The molecule has 0 fully saturated rings. The number of nitrogens with one attached hydrogen (secondary N) is 1. The van der Waals surface area contributed by atoms with Gasteiger partial charge in [0, 0.05) is 6.07 Å². The molecule has 2 rings (SSSR count). The average Bonchev–Trinajstić information content (AvgIpc) is 2.75. The lowest BCUT2D eigenvalue weighted by atomic mass is 9.86. The molecule has 0 unspecified atom stereocenters. The third-order valence-corrected chi connectivity index (χ3v) is 6.31. The van der Waals surface area contributed by atoms with Gasteiger partial charge in [0.05, 0.1) is 32.7 Å². The fourth-order valence-corrected chi connectivity index (χ4v) is 4.63. The maximum Gasteiger partial charge on any atom is 0.243 e. The second kappa shape index (κ2) is 10.8. The van der Waals surface area contributed by atoms with Gasteiger partial charge in [-0.05, 0) is 36.1 Å². The van der Waals surface area contributed by atoms with Crippen LogP contribution in [0.4, 0.5) is 5.69 Å². The minimum atomic E-state index is -3.76. The molecule has 0 saturated carbocycles. The van der Waals surface area contributed by atoms with Crippen LogP contribution >= 0.6 is 0 Å². The van der Waals surface area contributed by atoms with E-state index in [0.29, 0.717) is 17.2 Å². The van der Waals surface area contributed by atoms with Crippen LogP contribution in [-0.4, -0.2) is 54.0 Å². The SMILES string of the molecule is COc1ccc(N([C@H](C)C(=O)NCCOc2ccccc2C(C)(C)C)S(C)(=O)=O)cc1OC. The third kappa shape index (κ3) is 6.77. The summed E-state index contributed by atoms with van der Waals surface area (Å²) in [5, 5.41) is 2.76. The van der Waals surface area contributed by atoms with Crippen molar-refractivity contribution >= 4 is 21.6 Å². The highest BCUT2D eigenvalue weighted by Crippen LogP contribution is 2.33. The van der Waals surface area contributed by atoms with E-state index >= 15 is 0 Å². The number of hydrogen-bond donors (Lipinski definition) is 1. The number of carbonyl (C=O) groups is 1. The van der Waals surface area contributed by atoms with E-state index < -0.39 is 22.0 Å². The Morgan fingerprint density at radius 1 is 1.03 bits per heavy atom. The number of methoxy groups -OCH3 is 2. The van der Waals surface area contributed by atoms with Gasteiger partial charge in [0.15, 0.2) is 11.5 Å². The number of amides is 1. The average molecular weight is 479 g/mol. The predicted molar refractivity (Wildman–Crippen MR) is 130 cm³/mol. The molecule has 0 aliphatic heterocycles. The normalized spacial score (nSPS) is 12.6. The molecule has 1 atom stereocenters. The van der Waals surface area contributed by atoms with Gasteiger partial charge in [0.2, 0.25) is 15.9 Å². The Labute approximate surface area is 196 Å². The smallest absolute Gasteiger partial charge is 0.243 e. The number of anilines is 1. The fourth-order valence-electron chi connectivity index (χ4n) is 3.47. The highest BCUT2D eigenvalue weighted by molar-refractivity contribution is 7.92. The van der Waals surface area contributed by atoms with Crippen LogP contribution in [-0.2, 0) is 20.2 Å². The summed E-state index contributed by atoms with van der Waals surface area (Å²) in [5.74, 6) is 1.14. The molecule has 33 heavy (non-hydrogen) atoms. The van der Waals surface area contributed by atoms with Crippen molar-refractivity contribution in [1.29, 1.82) is 0 Å². The first-order chi connectivity index (χ1) is 15.4. The van der Waals surface area contributed by atoms with Gasteiger partial charge in [-0.25, -0.2) is 8.42 Å². The Hall–Kier alpha value is -2.94. The third-order valence-electron chi connectivity index (χ3n) is 5.06. The van der Waals surface area contributed by atoms with E-state index in [9.17, 15) is 13.2 Å². The highest BCUT2D eigenvalue weighted by atomic mass is 32.2. The van der Waals surface area contributed by atoms with E-state index in [2.05, 4.69) is 26.1 Å². The zero-order valence-electron chi connectivity index (χ0n) is 20.3. The topological polar surface area (TPSA) is 94.2 Å². The van der Waals surface area contributed by atoms with E-state index in [-0.39, 0.29) is 18.6 Å². The molecular weight excluding hydrogens is 444 g/mol. The lowest BCUT2D eigenvalue weighted by molar-refractivity contribution is -0.121. The standard InChI is InChI=1S/C24H34N2O6S/c1-17(26(33(7,28)29)18-12-13-21(30-5)22(16-18)31-6)23(27)25-14-15-32-20-11-9-8-10-19(20)24(2,3)4/h8-13,16-17H,14-15H2,1-7H3,(H,25,27)/t17-/m1/s1. The first-order valence-corrected chi connectivity index (χ1v) is 12.5. The van der Waals surface area contributed by atoms with Crippen LogP contribution < -0.4 is 23.8 Å². The van der Waals surface area contributed by atoms with Crippen LogP contribution in [0.3, 0.4) is 0 Å². The van der Waals surface area contributed by atoms with Crippen molar-refractivity contribution in [1.82, 2.24) is 5.32 Å². The highest BCUT2D eigenvalue weighted by Gasteiger charge is 2.29. The van der Waals surface area contributed by atoms with Crippen molar-refractivity contribution in [3.8, 4) is 17.2 Å². The molecule has 8 nitrogen and oxygen atoms in total. The molecule has 0 spiro atoms. The number of benzene rings is 2. The summed E-state index contributed by atoms with van der Waals surface area (Å²) >= 11 is 0. The number of nitrogens with zero attached hydrogens (tertiary/aromatic N) is 1. The van der Waals surface area contributed by atoms with Crippen molar-refractivity contribution in [2.45, 2.75) is 39.2 Å². The Morgan fingerprint density at radius 3 is 2.24 bits per heavy atom. The number of sulfonamides is 1. The molecule has 0 aromatic heterocycles. The van der Waals surface area contributed by atoms with Gasteiger partial charge in [-0.15, -0.1) is 0 Å². The van der Waals surface area contributed by atoms with Gasteiger partial charge >= 0.3 is 0 Å². The van der Waals surface area contributed by atoms with Crippen LogP contribution in [0.2, 0.25) is 0 Å². The van der Waals surface area contributed by atoms with E-state index in [0.717, 1.165) is 21.9 Å². The molecule has 1 N–H and O–H groups in total. The monoisotopic (exact) mass is 478 g/mol. The van der Waals surface area contributed by atoms with Gasteiger partial charge in [-0.1, -0.05) is 39.0 Å². The van der Waals surface area contributed by atoms with Gasteiger partial charge in [-0.3, -0.25) is 9.10 Å². The summed E-state index contributed by atoms with van der Waals surface area (Å²) in [6.45, 7) is 8.32. The van der Waals surface area contributed by atoms with Gasteiger partial charge in [0.1, 0.15) is 18.4 Å². The first-order valence-electron chi connectivity index (χ1n) is 10.6. The molecule has 0 aliphatic rings. The van der Waals surface area contributed by atoms with Crippen molar-refractivity contribution in [2.75, 3.05) is 37.9 Å². The Morgan fingerprint density at radius 2 is 1.67 bits per heavy atom. The summed E-state index contributed by atoms with van der Waals surface area (Å²) in [6.07, 6.45) is 1.06. The number of para-hydroxylation sites is 1. The van der Waals surface area contributed by atoms with Gasteiger partial charge in [-0.2, -0.15) is 0 Å². The summed E-state index contributed by atoms with van der Waals surface area (Å²) in [6, 6.07) is 11.5. The second-order valence-corrected chi connectivity index (χ2v) is 10.5. The zero-order valence-corrected chi connectivity index (χ0v) is 21.2. The lowest BCUT2D eigenvalue weighted by Crippen LogP contribution is -2.48. The Kier molecular flexibility index (Phi) is 8.60. The van der Waals surface area contributed by atoms with Crippen molar-refractivity contribution < 1.29 is 27.4 Å². The quantitative estimate of drug-likeness (QED) is 0.527. The fraction of sp³-hybridized carbons (Fsp3) is 0.458. The molecule has 2 aromatic carbocycles. The Balaban J connectivity index is 2.09. The van der Waals surface area contributed by atoms with Gasteiger partial charge < -0.3 is 19.5 Å². The first kappa shape index (κ1) is 26.3. The molecule has 2 aromatic rings. The van der Waals surface area contributed by atoms with Crippen molar-refractivity contribution in [3.05, 3.63) is 48.0 Å². The molecule has 0 bridgehead atoms. The van der Waals surface area contributed by atoms with E-state index in [1.165, 1.54) is 27.2 Å². The van der Waals surface area contributed by atoms with Crippen LogP contribution in [0, 0.1) is 0 Å². The number of rotatable bonds is 10. The summed E-state index contributed by atoms with van der Waals surface area (Å²) in [5.41, 5.74) is 1.29. The molecule has 182 valence electrons. The summed E-state index contributed by atoms with van der Waals surface area (Å²) < 4.78 is 42.5. The molecule has 0 heterocycles. The summed E-state index contributed by atoms with van der Waals surface area (Å²) in [4.78, 5) is 12.8. The summed E-state index contributed by atoms with van der Waals surface area (Å²) in [7, 11) is -0.809. The van der Waals surface area contributed by atoms with Crippen molar-refractivity contribution in [3.63, 3.8) is 0 Å². The molecule has 9 heteroatoms. The number of ether oxygens (including phenoxy) is 3. The van der Waals surface area contributed by atoms with Gasteiger partial charge in [0.25, 0.3) is 0 Å². The minimum absolute atomic E-state index is 0.0796. The zero-order chi connectivity index (χ0) is 24.8. The predicted octanol–water partition coefficient (Wildman–Crippen LogP) is 3.35.